The Bertz CT molecular complexity index is 3760. The minimum atomic E-state index is -0.0164. The van der Waals surface area contributed by atoms with Crippen LogP contribution in [0.2, 0.25) is 0 Å². The second-order valence-electron chi connectivity index (χ2n) is 23.9. The maximum Gasteiger partial charge on any atom is 0.198 e. The molecule has 0 amide bonds. The number of nitrogens with one attached hydrogen (secondary N) is 1. The predicted octanol–water partition coefficient (Wildman–Crippen LogP) is 17.1. The zero-order valence-electron chi connectivity index (χ0n) is 43.3. The van der Waals surface area contributed by atoms with Gasteiger partial charge in [-0.25, -0.2) is 0 Å². The number of benzene rings is 8. The van der Waals surface area contributed by atoms with Crippen molar-refractivity contribution in [2.45, 2.75) is 110 Å². The highest BCUT2D eigenvalue weighted by Gasteiger charge is 2.41. The zero-order valence-corrected chi connectivity index (χ0v) is 43.3. The maximum atomic E-state index is 6.79. The van der Waals surface area contributed by atoms with Crippen LogP contribution in [0, 0.1) is 6.92 Å². The van der Waals surface area contributed by atoms with Crippen molar-refractivity contribution in [2.24, 2.45) is 0 Å². The molecule has 13 rings (SSSR count). The summed E-state index contributed by atoms with van der Waals surface area (Å²) in [6.07, 6.45) is 4.54. The van der Waals surface area contributed by atoms with E-state index in [4.69, 9.17) is 4.42 Å². The van der Waals surface area contributed by atoms with Gasteiger partial charge in [-0.15, -0.1) is 0 Å². The monoisotopic (exact) mass is 937 g/mol. The fourth-order valence-electron chi connectivity index (χ4n) is 12.7. The molecular formula is C67H63BN3O. The Labute approximate surface area is 426 Å². The Balaban J connectivity index is 1.21. The topological polar surface area (TPSA) is 33.3 Å². The molecule has 2 aromatic heterocycles. The van der Waals surface area contributed by atoms with Gasteiger partial charge in [-0.1, -0.05) is 145 Å². The number of hydrogen-bond acceptors (Lipinski definition) is 3. The second kappa shape index (κ2) is 15.9. The number of para-hydroxylation sites is 2. The highest BCUT2D eigenvalue weighted by molar-refractivity contribution is 6.74. The predicted molar refractivity (Wildman–Crippen MR) is 306 cm³/mol. The fraction of sp³-hybridized carbons (Fsp3) is 0.254. The molecule has 0 fully saturated rings. The number of aromatic nitrogens is 1. The van der Waals surface area contributed by atoms with Crippen molar-refractivity contribution in [3.05, 3.63) is 192 Å². The highest BCUT2D eigenvalue weighted by atomic mass is 16.3. The Morgan fingerprint density at radius 2 is 1.11 bits per heavy atom. The molecule has 2 aliphatic carbocycles. The Morgan fingerprint density at radius 1 is 0.556 bits per heavy atom. The summed E-state index contributed by atoms with van der Waals surface area (Å²) in [4.78, 5) is 2.51. The van der Waals surface area contributed by atoms with E-state index in [9.17, 15) is 0 Å². The number of hydrogen-bond donors (Lipinski definition) is 1. The smallest absolute Gasteiger partial charge is 0.198 e. The van der Waals surface area contributed by atoms with E-state index < -0.39 is 0 Å². The van der Waals surface area contributed by atoms with E-state index in [0.29, 0.717) is 0 Å². The van der Waals surface area contributed by atoms with Crippen molar-refractivity contribution in [1.82, 2.24) is 4.57 Å². The highest BCUT2D eigenvalue weighted by Crippen LogP contribution is 2.54. The van der Waals surface area contributed by atoms with Crippen LogP contribution in [0.25, 0.3) is 60.9 Å². The fourth-order valence-corrected chi connectivity index (χ4v) is 12.7. The quantitative estimate of drug-likeness (QED) is 0.162. The largest absolute Gasteiger partial charge is 0.456 e. The van der Waals surface area contributed by atoms with Crippen LogP contribution in [0.4, 0.5) is 28.4 Å². The molecule has 0 unspecified atom stereocenters. The molecule has 355 valence electrons. The summed E-state index contributed by atoms with van der Waals surface area (Å²) in [6, 6.07) is 61.1. The summed E-state index contributed by atoms with van der Waals surface area (Å²) in [5, 5.41) is 7.68. The van der Waals surface area contributed by atoms with Crippen molar-refractivity contribution >= 4 is 79.4 Å². The van der Waals surface area contributed by atoms with Crippen LogP contribution in [-0.2, 0) is 21.7 Å². The first-order valence-electron chi connectivity index (χ1n) is 26.2. The van der Waals surface area contributed by atoms with Crippen LogP contribution < -0.4 is 21.1 Å². The van der Waals surface area contributed by atoms with Crippen LogP contribution in [0.3, 0.4) is 0 Å². The van der Waals surface area contributed by atoms with E-state index >= 15 is 0 Å². The lowest BCUT2D eigenvalue weighted by atomic mass is 9.58. The molecule has 10 aromatic rings. The first-order valence-corrected chi connectivity index (χ1v) is 26.2. The lowest BCUT2D eigenvalue weighted by Crippen LogP contribution is -2.38. The molecule has 0 spiro atoms. The van der Waals surface area contributed by atoms with Crippen LogP contribution in [0.5, 0.6) is 0 Å². The van der Waals surface area contributed by atoms with Gasteiger partial charge in [0.05, 0.1) is 16.7 Å². The molecule has 1 aliphatic heterocycles. The third kappa shape index (κ3) is 7.01. The van der Waals surface area contributed by atoms with Crippen molar-refractivity contribution in [1.29, 1.82) is 0 Å². The summed E-state index contributed by atoms with van der Waals surface area (Å²) in [5.41, 5.74) is 22.9. The molecule has 8 aromatic carbocycles. The minimum Gasteiger partial charge on any atom is -0.456 e. The van der Waals surface area contributed by atoms with Crippen molar-refractivity contribution in [3.63, 3.8) is 0 Å². The Morgan fingerprint density at radius 3 is 1.72 bits per heavy atom. The van der Waals surface area contributed by atoms with E-state index in [0.717, 1.165) is 81.9 Å². The molecule has 0 saturated carbocycles. The number of rotatable bonds is 7. The standard InChI is InChI=1S/C67H63BN3O/c1-41-25-27-44(28-26-41)69-55-38-52-50(64(2,3)29-31-66(52,6)7)35-47(55)48-37-58(70(45-21-15-11-16-22-45)46-23-17-12-18-24-46)61-49-36-51-53(67(8,9)32-30-65(51,4)5)39-56(49)71-57-33-43-34-59(42-19-13-10-14-20-42)72-60(43)40-54(57)68-62(48)63(61)71/h10-28,33-40,69H,29-32H2,1-9H3. The SMILES string of the molecule is Cc1ccc(Nc2cc3c(cc2-c2cc(N(c4ccccc4)c4ccccc4)c4c5cc6c(cc5n5c4c2[B]c2cc4oc(-c7ccccc7)cc4cc2-5)C(C)(C)CCC6(C)C)C(C)(C)CCC3(C)C)cc1. The maximum absolute atomic E-state index is 6.79. The molecule has 1 N–H and O–H groups in total. The average molecular weight is 937 g/mol. The summed E-state index contributed by atoms with van der Waals surface area (Å²) in [5.74, 6) is 0.877. The molecule has 4 nitrogen and oxygen atoms in total. The third-order valence-corrected chi connectivity index (χ3v) is 17.2. The van der Waals surface area contributed by atoms with Gasteiger partial charge in [0.25, 0.3) is 0 Å². The Hall–Kier alpha value is -7.24. The molecule has 3 heterocycles. The lowest BCUT2D eigenvalue weighted by Gasteiger charge is -2.42. The Kier molecular flexibility index (Phi) is 9.86. The minimum absolute atomic E-state index is 0.00961. The van der Waals surface area contributed by atoms with E-state index in [2.05, 4.69) is 248 Å². The summed E-state index contributed by atoms with van der Waals surface area (Å²) in [7, 11) is 2.48. The molecule has 0 atom stereocenters. The molecule has 3 aliphatic rings. The van der Waals surface area contributed by atoms with Gasteiger partial charge >= 0.3 is 0 Å². The third-order valence-electron chi connectivity index (χ3n) is 17.2. The molecular weight excluding hydrogens is 874 g/mol. The van der Waals surface area contributed by atoms with Gasteiger partial charge in [0.2, 0.25) is 0 Å². The summed E-state index contributed by atoms with van der Waals surface area (Å²) < 4.78 is 9.43. The van der Waals surface area contributed by atoms with Crippen molar-refractivity contribution in [2.75, 3.05) is 10.2 Å². The zero-order chi connectivity index (χ0) is 49.5. The van der Waals surface area contributed by atoms with Crippen molar-refractivity contribution < 1.29 is 4.42 Å². The number of furan rings is 1. The normalized spacial score (nSPS) is 16.7. The van der Waals surface area contributed by atoms with Gasteiger partial charge in [0, 0.05) is 55.7 Å². The second-order valence-corrected chi connectivity index (χ2v) is 23.9. The average Bonchev–Trinajstić information content (AvgIpc) is 3.95. The van der Waals surface area contributed by atoms with E-state index in [1.807, 2.05) is 0 Å². The van der Waals surface area contributed by atoms with E-state index in [1.165, 1.54) is 71.9 Å². The molecule has 0 saturated heterocycles. The number of anilines is 5. The van der Waals surface area contributed by atoms with Crippen LogP contribution in [-0.4, -0.2) is 11.8 Å². The van der Waals surface area contributed by atoms with Gasteiger partial charge in [-0.3, -0.25) is 0 Å². The van der Waals surface area contributed by atoms with Gasteiger partial charge in [-0.2, -0.15) is 0 Å². The van der Waals surface area contributed by atoms with Gasteiger partial charge in [0.1, 0.15) is 11.3 Å². The first kappa shape index (κ1) is 44.7. The van der Waals surface area contributed by atoms with Crippen LogP contribution in [0.15, 0.2) is 168 Å². The van der Waals surface area contributed by atoms with Gasteiger partial charge < -0.3 is 19.2 Å². The molecule has 1 radical (unpaired) electrons. The first-order chi connectivity index (χ1) is 34.5. The molecule has 72 heavy (non-hydrogen) atoms. The lowest BCUT2D eigenvalue weighted by molar-refractivity contribution is 0.332. The summed E-state index contributed by atoms with van der Waals surface area (Å²) >= 11 is 0. The van der Waals surface area contributed by atoms with Crippen molar-refractivity contribution in [3.8, 4) is 28.1 Å². The van der Waals surface area contributed by atoms with E-state index in [1.54, 1.807) is 0 Å². The number of fused-ring (bicyclic) bond motifs is 8. The number of nitrogens with zero attached hydrogens (tertiary/aromatic N) is 2. The van der Waals surface area contributed by atoms with Crippen LogP contribution in [0.1, 0.15) is 109 Å². The molecule has 5 heteroatoms. The van der Waals surface area contributed by atoms with Gasteiger partial charge in [-0.05, 0) is 172 Å². The van der Waals surface area contributed by atoms with Gasteiger partial charge in [0.15, 0.2) is 7.28 Å². The summed E-state index contributed by atoms with van der Waals surface area (Å²) in [6.45, 7) is 21.8. The van der Waals surface area contributed by atoms with E-state index in [-0.39, 0.29) is 21.7 Å². The number of aryl methyl sites for hydroxylation is 1. The van der Waals surface area contributed by atoms with Crippen LogP contribution >= 0.6 is 0 Å². The molecule has 0 bridgehead atoms.